The first kappa shape index (κ1) is 16.7. The fourth-order valence-electron chi connectivity index (χ4n) is 2.82. The van der Waals surface area contributed by atoms with Gasteiger partial charge in [-0.25, -0.2) is 5.43 Å². The zero-order valence-corrected chi connectivity index (χ0v) is 14.7. The van der Waals surface area contributed by atoms with Gasteiger partial charge in [0.1, 0.15) is 0 Å². The maximum Gasteiger partial charge on any atom is 0.271 e. The van der Waals surface area contributed by atoms with E-state index in [9.17, 15) is 4.79 Å². The Morgan fingerprint density at radius 2 is 1.68 bits per heavy atom. The number of carbonyl (C=O) groups is 1. The molecule has 0 bridgehead atoms. The summed E-state index contributed by atoms with van der Waals surface area (Å²) < 4.78 is 2.12. The van der Waals surface area contributed by atoms with Crippen molar-refractivity contribution >= 4 is 12.1 Å². The second kappa shape index (κ2) is 7.18. The lowest BCUT2D eigenvalue weighted by Gasteiger charge is -2.10. The van der Waals surface area contributed by atoms with E-state index in [1.54, 1.807) is 12.3 Å². The number of nitrogens with zero attached hydrogens (tertiary/aromatic N) is 2. The lowest BCUT2D eigenvalue weighted by Crippen LogP contribution is -2.18. The van der Waals surface area contributed by atoms with Crippen molar-refractivity contribution in [3.63, 3.8) is 0 Å². The topological polar surface area (TPSA) is 46.4 Å². The fourth-order valence-corrected chi connectivity index (χ4v) is 2.82. The van der Waals surface area contributed by atoms with Crippen LogP contribution in [0.4, 0.5) is 0 Å². The Morgan fingerprint density at radius 1 is 0.960 bits per heavy atom. The first-order valence-electron chi connectivity index (χ1n) is 8.20. The van der Waals surface area contributed by atoms with Crippen molar-refractivity contribution < 1.29 is 4.79 Å². The molecule has 0 spiro atoms. The predicted octanol–water partition coefficient (Wildman–Crippen LogP) is 4.17. The standard InChI is InChI=1S/C21H21N3O/c1-15-7-4-5-8-19(15)14-22-23-21(25)18-9-6-10-20(13-18)24-16(2)11-12-17(24)3/h4-14H,1-3H3,(H,23,25)/b22-14-. The Kier molecular flexibility index (Phi) is 4.80. The van der Waals surface area contributed by atoms with Crippen LogP contribution < -0.4 is 5.43 Å². The fraction of sp³-hybridized carbons (Fsp3) is 0.143. The van der Waals surface area contributed by atoms with Gasteiger partial charge >= 0.3 is 0 Å². The first-order chi connectivity index (χ1) is 12.1. The summed E-state index contributed by atoms with van der Waals surface area (Å²) in [6.07, 6.45) is 1.66. The van der Waals surface area contributed by atoms with Crippen molar-refractivity contribution in [2.75, 3.05) is 0 Å². The van der Waals surface area contributed by atoms with Crippen LogP contribution in [0, 0.1) is 20.8 Å². The van der Waals surface area contributed by atoms with E-state index >= 15 is 0 Å². The van der Waals surface area contributed by atoms with Gasteiger partial charge in [-0.05, 0) is 62.2 Å². The molecule has 1 aromatic heterocycles. The highest BCUT2D eigenvalue weighted by molar-refractivity contribution is 5.95. The van der Waals surface area contributed by atoms with Gasteiger partial charge in [0.15, 0.2) is 0 Å². The molecule has 0 atom stereocenters. The molecule has 4 heteroatoms. The molecule has 0 aliphatic rings. The lowest BCUT2D eigenvalue weighted by atomic mass is 10.1. The molecule has 0 radical (unpaired) electrons. The molecule has 2 aromatic carbocycles. The second-order valence-corrected chi connectivity index (χ2v) is 6.06. The van der Waals surface area contributed by atoms with E-state index < -0.39 is 0 Å². The third-order valence-electron chi connectivity index (χ3n) is 4.20. The highest BCUT2D eigenvalue weighted by atomic mass is 16.2. The summed E-state index contributed by atoms with van der Waals surface area (Å²) in [4.78, 5) is 12.4. The molecule has 0 saturated carbocycles. The molecule has 0 fully saturated rings. The number of hydrogen-bond donors (Lipinski definition) is 1. The van der Waals surface area contributed by atoms with Gasteiger partial charge in [0.05, 0.1) is 6.21 Å². The van der Waals surface area contributed by atoms with Crippen LogP contribution in [0.15, 0.2) is 65.8 Å². The van der Waals surface area contributed by atoms with Gasteiger partial charge in [0.2, 0.25) is 0 Å². The van der Waals surface area contributed by atoms with Crippen molar-refractivity contribution in [2.24, 2.45) is 5.10 Å². The maximum absolute atomic E-state index is 12.4. The van der Waals surface area contributed by atoms with Gasteiger partial charge in [-0.3, -0.25) is 4.79 Å². The Labute approximate surface area is 147 Å². The largest absolute Gasteiger partial charge is 0.318 e. The highest BCUT2D eigenvalue weighted by Crippen LogP contribution is 2.17. The Hall–Kier alpha value is -3.14. The van der Waals surface area contributed by atoms with E-state index in [0.29, 0.717) is 5.56 Å². The number of nitrogens with one attached hydrogen (secondary N) is 1. The van der Waals surface area contributed by atoms with Crippen LogP contribution >= 0.6 is 0 Å². The molecule has 1 heterocycles. The highest BCUT2D eigenvalue weighted by Gasteiger charge is 2.08. The summed E-state index contributed by atoms with van der Waals surface area (Å²) in [5.74, 6) is -0.228. The van der Waals surface area contributed by atoms with Gasteiger partial charge in [-0.1, -0.05) is 30.3 Å². The van der Waals surface area contributed by atoms with Crippen LogP contribution in [0.5, 0.6) is 0 Å². The minimum absolute atomic E-state index is 0.228. The van der Waals surface area contributed by atoms with Gasteiger partial charge < -0.3 is 4.57 Å². The summed E-state index contributed by atoms with van der Waals surface area (Å²) in [5.41, 5.74) is 8.50. The number of aryl methyl sites for hydroxylation is 3. The van der Waals surface area contributed by atoms with Crippen LogP contribution in [0.3, 0.4) is 0 Å². The molecular weight excluding hydrogens is 310 g/mol. The molecule has 3 aromatic rings. The summed E-state index contributed by atoms with van der Waals surface area (Å²) >= 11 is 0. The molecule has 126 valence electrons. The lowest BCUT2D eigenvalue weighted by molar-refractivity contribution is 0.0955. The summed E-state index contributed by atoms with van der Waals surface area (Å²) in [6.45, 7) is 6.10. The van der Waals surface area contributed by atoms with Gasteiger partial charge in [0.25, 0.3) is 5.91 Å². The number of aromatic nitrogens is 1. The van der Waals surface area contributed by atoms with Crippen molar-refractivity contribution in [3.05, 3.63) is 88.7 Å². The number of carbonyl (C=O) groups excluding carboxylic acids is 1. The van der Waals surface area contributed by atoms with Crippen LogP contribution in [0.25, 0.3) is 5.69 Å². The summed E-state index contributed by atoms with van der Waals surface area (Å²) in [5, 5.41) is 4.07. The van der Waals surface area contributed by atoms with Gasteiger partial charge in [-0.15, -0.1) is 0 Å². The first-order valence-corrected chi connectivity index (χ1v) is 8.20. The zero-order chi connectivity index (χ0) is 17.8. The van der Waals surface area contributed by atoms with E-state index in [-0.39, 0.29) is 5.91 Å². The number of hydrazone groups is 1. The molecule has 0 saturated heterocycles. The quantitative estimate of drug-likeness (QED) is 0.566. The van der Waals surface area contributed by atoms with Crippen LogP contribution in [0.1, 0.15) is 32.9 Å². The number of hydrogen-bond acceptors (Lipinski definition) is 2. The van der Waals surface area contributed by atoms with Gasteiger partial charge in [-0.2, -0.15) is 5.10 Å². The third kappa shape index (κ3) is 3.69. The number of amides is 1. The molecular formula is C21H21N3O. The molecule has 1 amide bonds. The van der Waals surface area contributed by atoms with E-state index in [4.69, 9.17) is 0 Å². The molecule has 3 rings (SSSR count). The molecule has 25 heavy (non-hydrogen) atoms. The Bertz CT molecular complexity index is 918. The molecule has 0 aliphatic carbocycles. The van der Waals surface area contributed by atoms with Crippen molar-refractivity contribution in [3.8, 4) is 5.69 Å². The van der Waals surface area contributed by atoms with E-state index in [2.05, 4.69) is 27.2 Å². The number of rotatable bonds is 4. The molecule has 0 aliphatic heterocycles. The van der Waals surface area contributed by atoms with Crippen LogP contribution in [-0.2, 0) is 0 Å². The number of benzene rings is 2. The van der Waals surface area contributed by atoms with Crippen molar-refractivity contribution in [1.29, 1.82) is 0 Å². The van der Waals surface area contributed by atoms with Gasteiger partial charge in [0, 0.05) is 22.6 Å². The molecule has 0 unspecified atom stereocenters. The minimum Gasteiger partial charge on any atom is -0.318 e. The SMILES string of the molecule is Cc1ccccc1/C=N\NC(=O)c1cccc(-n2c(C)ccc2C)c1. The van der Waals surface area contributed by atoms with Crippen LogP contribution in [0.2, 0.25) is 0 Å². The van der Waals surface area contributed by atoms with E-state index in [0.717, 1.165) is 28.2 Å². The molecule has 1 N–H and O–H groups in total. The Balaban J connectivity index is 1.77. The van der Waals surface area contributed by atoms with E-state index in [1.807, 2.05) is 63.2 Å². The normalized spacial score (nSPS) is 11.0. The average molecular weight is 331 g/mol. The summed E-state index contributed by atoms with van der Waals surface area (Å²) in [6, 6.07) is 19.6. The van der Waals surface area contributed by atoms with Crippen molar-refractivity contribution in [1.82, 2.24) is 9.99 Å². The Morgan fingerprint density at radius 3 is 2.40 bits per heavy atom. The van der Waals surface area contributed by atoms with Crippen LogP contribution in [-0.4, -0.2) is 16.7 Å². The zero-order valence-electron chi connectivity index (χ0n) is 14.7. The van der Waals surface area contributed by atoms with Crippen molar-refractivity contribution in [2.45, 2.75) is 20.8 Å². The predicted molar refractivity (Wildman–Crippen MR) is 101 cm³/mol. The monoisotopic (exact) mass is 331 g/mol. The minimum atomic E-state index is -0.228. The molecule has 4 nitrogen and oxygen atoms in total. The maximum atomic E-state index is 12.4. The third-order valence-corrected chi connectivity index (χ3v) is 4.20. The average Bonchev–Trinajstić information content (AvgIpc) is 2.95. The smallest absolute Gasteiger partial charge is 0.271 e. The second-order valence-electron chi connectivity index (χ2n) is 6.06. The summed E-state index contributed by atoms with van der Waals surface area (Å²) in [7, 11) is 0. The van der Waals surface area contributed by atoms with E-state index in [1.165, 1.54) is 0 Å².